The van der Waals surface area contributed by atoms with Gasteiger partial charge in [-0.2, -0.15) is 0 Å². The van der Waals surface area contributed by atoms with Crippen molar-refractivity contribution in [3.05, 3.63) is 35.9 Å². The van der Waals surface area contributed by atoms with Gasteiger partial charge in [-0.3, -0.25) is 4.79 Å². The van der Waals surface area contributed by atoms with Crippen molar-refractivity contribution < 1.29 is 28.5 Å². The van der Waals surface area contributed by atoms with Gasteiger partial charge in [0.15, 0.2) is 5.79 Å². The third-order valence-corrected chi connectivity index (χ3v) is 6.25. The minimum atomic E-state index is -0.863. The fraction of sp³-hybridized carbons (Fsp3) is 0.708. The lowest BCUT2D eigenvalue weighted by molar-refractivity contribution is -0.365. The van der Waals surface area contributed by atoms with Crippen LogP contribution in [0.1, 0.15) is 52.0 Å². The molecule has 0 saturated carbocycles. The van der Waals surface area contributed by atoms with Crippen molar-refractivity contribution in [2.45, 2.75) is 71.1 Å². The Kier molecular flexibility index (Phi) is 9.29. The number of carbonyl (C=O) groups is 1. The summed E-state index contributed by atoms with van der Waals surface area (Å²) in [5.41, 5.74) is 0.709. The van der Waals surface area contributed by atoms with Gasteiger partial charge in [0.2, 0.25) is 0 Å². The zero-order chi connectivity index (χ0) is 22.2. The van der Waals surface area contributed by atoms with Gasteiger partial charge >= 0.3 is 5.97 Å². The van der Waals surface area contributed by atoms with E-state index in [1.165, 1.54) is 7.11 Å². The van der Waals surface area contributed by atoms with E-state index in [-0.39, 0.29) is 24.1 Å². The minimum absolute atomic E-state index is 0.00442. The average Bonchev–Trinajstić information content (AvgIpc) is 2.75. The molecule has 170 valence electrons. The molecule has 0 aromatic heterocycles. The summed E-state index contributed by atoms with van der Waals surface area (Å²) in [5.74, 6) is -1.05. The van der Waals surface area contributed by atoms with Crippen LogP contribution in [0.3, 0.4) is 0 Å². The van der Waals surface area contributed by atoms with Crippen molar-refractivity contribution >= 4 is 5.97 Å². The van der Waals surface area contributed by atoms with Gasteiger partial charge in [0.1, 0.15) is 0 Å². The second-order valence-corrected chi connectivity index (χ2v) is 8.74. The average molecular weight is 423 g/mol. The molecular formula is C24H38O6. The summed E-state index contributed by atoms with van der Waals surface area (Å²) in [4.78, 5) is 11.5. The van der Waals surface area contributed by atoms with Gasteiger partial charge in [0.05, 0.1) is 32.5 Å². The van der Waals surface area contributed by atoms with E-state index in [9.17, 15) is 4.79 Å². The van der Waals surface area contributed by atoms with Gasteiger partial charge in [-0.05, 0) is 18.4 Å². The zero-order valence-corrected chi connectivity index (χ0v) is 19.3. The predicted molar refractivity (Wildman–Crippen MR) is 115 cm³/mol. The van der Waals surface area contributed by atoms with Crippen LogP contribution in [0.25, 0.3) is 0 Å². The van der Waals surface area contributed by atoms with Crippen molar-refractivity contribution in [2.75, 3.05) is 27.9 Å². The number of carbonyl (C=O) groups excluding carboxylic acids is 1. The highest BCUT2D eigenvalue weighted by Crippen LogP contribution is 2.48. The number of ether oxygens (including phenoxy) is 5. The first-order chi connectivity index (χ1) is 14.3. The number of benzene rings is 1. The fourth-order valence-electron chi connectivity index (χ4n) is 4.55. The molecule has 0 aliphatic carbocycles. The van der Waals surface area contributed by atoms with Gasteiger partial charge in [-0.25, -0.2) is 0 Å². The van der Waals surface area contributed by atoms with Crippen LogP contribution in [0.4, 0.5) is 0 Å². The van der Waals surface area contributed by atoms with Crippen molar-refractivity contribution in [3.63, 3.8) is 0 Å². The molecule has 1 saturated heterocycles. The van der Waals surface area contributed by atoms with Crippen LogP contribution in [-0.4, -0.2) is 51.9 Å². The van der Waals surface area contributed by atoms with E-state index in [2.05, 4.69) is 32.9 Å². The first-order valence-corrected chi connectivity index (χ1v) is 10.7. The van der Waals surface area contributed by atoms with Crippen LogP contribution in [-0.2, 0) is 35.1 Å². The highest BCUT2D eigenvalue weighted by Gasteiger charge is 2.57. The van der Waals surface area contributed by atoms with Crippen molar-refractivity contribution in [3.8, 4) is 0 Å². The van der Waals surface area contributed by atoms with E-state index in [4.69, 9.17) is 23.7 Å². The maximum absolute atomic E-state index is 11.5. The smallest absolute Gasteiger partial charge is 0.305 e. The third kappa shape index (κ3) is 5.82. The molecule has 0 radical (unpaired) electrons. The van der Waals surface area contributed by atoms with Gasteiger partial charge < -0.3 is 23.7 Å². The first-order valence-electron chi connectivity index (χ1n) is 10.7. The molecule has 0 bridgehead atoms. The monoisotopic (exact) mass is 422 g/mol. The van der Waals surface area contributed by atoms with Crippen LogP contribution >= 0.6 is 0 Å². The Bertz CT molecular complexity index is 646. The molecule has 2 rings (SSSR count). The molecule has 6 heteroatoms. The van der Waals surface area contributed by atoms with E-state index in [0.29, 0.717) is 26.1 Å². The molecule has 0 spiro atoms. The molecule has 1 aliphatic heterocycles. The molecule has 30 heavy (non-hydrogen) atoms. The lowest BCUT2D eigenvalue weighted by Crippen LogP contribution is -2.63. The largest absolute Gasteiger partial charge is 0.469 e. The number of rotatable bonds is 11. The van der Waals surface area contributed by atoms with Crippen LogP contribution < -0.4 is 0 Å². The second kappa shape index (κ2) is 11.2. The maximum atomic E-state index is 11.5. The summed E-state index contributed by atoms with van der Waals surface area (Å²) >= 11 is 0. The Balaban J connectivity index is 2.10. The molecule has 1 aliphatic rings. The topological polar surface area (TPSA) is 63.2 Å². The van der Waals surface area contributed by atoms with Gasteiger partial charge in [0.25, 0.3) is 0 Å². The minimum Gasteiger partial charge on any atom is -0.469 e. The van der Waals surface area contributed by atoms with Crippen LogP contribution in [0.15, 0.2) is 30.3 Å². The second-order valence-electron chi connectivity index (χ2n) is 8.74. The lowest BCUT2D eigenvalue weighted by atomic mass is 9.71. The Morgan fingerprint density at radius 1 is 1.20 bits per heavy atom. The molecule has 4 atom stereocenters. The van der Waals surface area contributed by atoms with E-state index in [0.717, 1.165) is 18.4 Å². The lowest BCUT2D eigenvalue weighted by Gasteiger charge is -2.55. The summed E-state index contributed by atoms with van der Waals surface area (Å²) in [6.07, 6.45) is 2.53. The summed E-state index contributed by atoms with van der Waals surface area (Å²) < 4.78 is 29.4. The molecule has 0 unspecified atom stereocenters. The third-order valence-electron chi connectivity index (χ3n) is 6.25. The van der Waals surface area contributed by atoms with Crippen LogP contribution in [0.2, 0.25) is 0 Å². The number of esters is 1. The van der Waals surface area contributed by atoms with Crippen LogP contribution in [0, 0.1) is 11.3 Å². The molecular weight excluding hydrogens is 384 g/mol. The Hall–Kier alpha value is -1.47. The zero-order valence-electron chi connectivity index (χ0n) is 19.3. The molecule has 0 amide bonds. The van der Waals surface area contributed by atoms with Gasteiger partial charge in [-0.15, -0.1) is 0 Å². The Morgan fingerprint density at radius 3 is 2.50 bits per heavy atom. The highest BCUT2D eigenvalue weighted by atomic mass is 16.7. The van der Waals surface area contributed by atoms with E-state index in [1.807, 2.05) is 18.2 Å². The number of methoxy groups -OCH3 is 3. The standard InChI is InChI=1S/C24H38O6/c1-18-21(26-4)15-20(13-10-14-22(25)27-5)30-24(18,28-6)23(2,3)17-29-16-19-11-8-7-9-12-19/h7-9,11-12,18,20-21H,10,13-17H2,1-6H3/t18-,20+,21-,24+/m1/s1. The fourth-order valence-corrected chi connectivity index (χ4v) is 4.55. The molecule has 6 nitrogen and oxygen atoms in total. The normalized spacial score (nSPS) is 27.1. The van der Waals surface area contributed by atoms with E-state index >= 15 is 0 Å². The summed E-state index contributed by atoms with van der Waals surface area (Å²) in [6, 6.07) is 10.1. The van der Waals surface area contributed by atoms with E-state index < -0.39 is 11.2 Å². The molecule has 1 aromatic carbocycles. The Labute approximate surface area is 181 Å². The summed E-state index contributed by atoms with van der Waals surface area (Å²) in [7, 11) is 4.84. The summed E-state index contributed by atoms with van der Waals surface area (Å²) in [5, 5.41) is 0. The molecule has 0 N–H and O–H groups in total. The molecule has 1 heterocycles. The molecule has 1 aromatic rings. The summed E-state index contributed by atoms with van der Waals surface area (Å²) in [6.45, 7) is 7.35. The first kappa shape index (κ1) is 24.8. The number of hydrogen-bond donors (Lipinski definition) is 0. The predicted octanol–water partition coefficient (Wildman–Crippen LogP) is 4.36. The quantitative estimate of drug-likeness (QED) is 0.494. The van der Waals surface area contributed by atoms with Crippen LogP contribution in [0.5, 0.6) is 0 Å². The van der Waals surface area contributed by atoms with E-state index in [1.54, 1.807) is 14.2 Å². The van der Waals surface area contributed by atoms with Crippen molar-refractivity contribution in [1.29, 1.82) is 0 Å². The SMILES string of the molecule is COC(=O)CCC[C@H]1C[C@@H](OC)[C@@H](C)[C@@](OC)(C(C)(C)COCc2ccccc2)O1. The Morgan fingerprint density at radius 2 is 1.90 bits per heavy atom. The highest BCUT2D eigenvalue weighted by molar-refractivity contribution is 5.68. The van der Waals surface area contributed by atoms with Gasteiger partial charge in [0, 0.05) is 38.4 Å². The molecule has 1 fully saturated rings. The maximum Gasteiger partial charge on any atom is 0.305 e. The number of hydrogen-bond acceptors (Lipinski definition) is 6. The van der Waals surface area contributed by atoms with Crippen molar-refractivity contribution in [2.24, 2.45) is 11.3 Å². The van der Waals surface area contributed by atoms with Crippen molar-refractivity contribution in [1.82, 2.24) is 0 Å². The van der Waals surface area contributed by atoms with Gasteiger partial charge in [-0.1, -0.05) is 51.1 Å².